The predicted octanol–water partition coefficient (Wildman–Crippen LogP) is 2.29. The lowest BCUT2D eigenvalue weighted by Crippen LogP contribution is -2.13. The van der Waals surface area contributed by atoms with Crippen molar-refractivity contribution < 1.29 is 9.66 Å². The second-order valence-electron chi connectivity index (χ2n) is 4.45. The molecule has 2 aromatic heterocycles. The van der Waals surface area contributed by atoms with E-state index in [1.165, 1.54) is 15.7 Å². The van der Waals surface area contributed by atoms with Gasteiger partial charge in [0.1, 0.15) is 6.20 Å². The second kappa shape index (κ2) is 5.14. The van der Waals surface area contributed by atoms with Gasteiger partial charge < -0.3 is 20.2 Å². The smallest absolute Gasteiger partial charge is 0.372 e. The molecule has 1 N–H and O–H groups in total. The van der Waals surface area contributed by atoms with Crippen LogP contribution in [0.1, 0.15) is 19.3 Å². The van der Waals surface area contributed by atoms with Gasteiger partial charge in [-0.2, -0.15) is 9.38 Å². The van der Waals surface area contributed by atoms with Gasteiger partial charge in [0.2, 0.25) is 5.82 Å². The molecule has 3 rings (SSSR count). The summed E-state index contributed by atoms with van der Waals surface area (Å²) in [7, 11) is 0. The Morgan fingerprint density at radius 3 is 3.32 bits per heavy atom. The zero-order chi connectivity index (χ0) is 13.2. The van der Waals surface area contributed by atoms with Crippen LogP contribution in [0.4, 0.5) is 11.6 Å². The number of thiazole rings is 1. The van der Waals surface area contributed by atoms with Gasteiger partial charge >= 0.3 is 5.82 Å². The average molecular weight is 282 g/mol. The van der Waals surface area contributed by atoms with Crippen LogP contribution in [-0.2, 0) is 4.74 Å². The fourth-order valence-corrected chi connectivity index (χ4v) is 3.00. The van der Waals surface area contributed by atoms with Crippen molar-refractivity contribution in [1.82, 2.24) is 9.38 Å². The molecule has 0 aromatic carbocycles. The summed E-state index contributed by atoms with van der Waals surface area (Å²) >= 11 is 1.38. The molecule has 19 heavy (non-hydrogen) atoms. The van der Waals surface area contributed by atoms with Gasteiger partial charge in [-0.3, -0.25) is 0 Å². The first-order valence-electron chi connectivity index (χ1n) is 6.21. The zero-order valence-corrected chi connectivity index (χ0v) is 11.1. The van der Waals surface area contributed by atoms with Crippen molar-refractivity contribution in [3.05, 3.63) is 21.7 Å². The normalized spacial score (nSPS) is 19.1. The van der Waals surface area contributed by atoms with Crippen LogP contribution in [0.3, 0.4) is 0 Å². The molecule has 1 fully saturated rings. The van der Waals surface area contributed by atoms with Crippen LogP contribution >= 0.6 is 11.3 Å². The summed E-state index contributed by atoms with van der Waals surface area (Å²) in [4.78, 5) is 15.6. The van der Waals surface area contributed by atoms with Gasteiger partial charge in [-0.15, -0.1) is 0 Å². The number of anilines is 1. The Labute approximate surface area is 113 Å². The molecule has 1 aliphatic rings. The Hall–Kier alpha value is -1.67. The topological polar surface area (TPSA) is 81.7 Å². The maximum absolute atomic E-state index is 11.1. The number of imidazole rings is 1. The molecule has 0 radical (unpaired) electrons. The van der Waals surface area contributed by atoms with E-state index in [1.807, 2.05) is 0 Å². The molecule has 7 nitrogen and oxygen atoms in total. The van der Waals surface area contributed by atoms with E-state index < -0.39 is 4.92 Å². The average Bonchev–Trinajstić information content (AvgIpc) is 3.02. The number of hydrogen-bond donors (Lipinski definition) is 1. The highest BCUT2D eigenvalue weighted by Crippen LogP contribution is 2.28. The van der Waals surface area contributed by atoms with Crippen molar-refractivity contribution in [3.63, 3.8) is 0 Å². The summed E-state index contributed by atoms with van der Waals surface area (Å²) < 4.78 is 7.01. The summed E-state index contributed by atoms with van der Waals surface area (Å²) in [6, 6.07) is 0. The van der Waals surface area contributed by atoms with Gasteiger partial charge in [0.15, 0.2) is 0 Å². The number of nitrogens with one attached hydrogen (secondary N) is 1. The van der Waals surface area contributed by atoms with Crippen molar-refractivity contribution in [3.8, 4) is 0 Å². The highest BCUT2D eigenvalue weighted by atomic mass is 32.1. The number of hydrogen-bond acceptors (Lipinski definition) is 6. The summed E-state index contributed by atoms with van der Waals surface area (Å²) in [6.45, 7) is 1.46. The number of fused-ring (bicyclic) bond motifs is 1. The van der Waals surface area contributed by atoms with E-state index >= 15 is 0 Å². The number of nitro groups is 1. The Morgan fingerprint density at radius 2 is 2.58 bits per heavy atom. The van der Waals surface area contributed by atoms with Crippen molar-refractivity contribution in [2.45, 2.75) is 25.4 Å². The lowest BCUT2D eigenvalue weighted by atomic mass is 10.2. The second-order valence-corrected chi connectivity index (χ2v) is 5.32. The molecule has 0 amide bonds. The van der Waals surface area contributed by atoms with Gasteiger partial charge in [0.05, 0.1) is 6.10 Å². The van der Waals surface area contributed by atoms with E-state index in [0.29, 0.717) is 17.3 Å². The van der Waals surface area contributed by atoms with Crippen LogP contribution < -0.4 is 5.32 Å². The van der Waals surface area contributed by atoms with Gasteiger partial charge in [0, 0.05) is 18.5 Å². The predicted molar refractivity (Wildman–Crippen MR) is 71.8 cm³/mol. The lowest BCUT2D eigenvalue weighted by molar-refractivity contribution is -0.389. The first-order valence-corrected chi connectivity index (χ1v) is 7.09. The molecule has 8 heteroatoms. The standard InChI is InChI=1S/C11H14N4O3S/c16-15(17)10-9(13-11-14(10)5-7-19-11)12-4-3-8-2-1-6-18-8/h5,7-8,12H,1-4,6H2/t8-/m0/s1. The highest BCUT2D eigenvalue weighted by Gasteiger charge is 2.23. The van der Waals surface area contributed by atoms with E-state index in [0.717, 1.165) is 25.9 Å². The fraction of sp³-hybridized carbons (Fsp3) is 0.545. The highest BCUT2D eigenvalue weighted by molar-refractivity contribution is 7.15. The molecule has 0 aliphatic carbocycles. The van der Waals surface area contributed by atoms with Crippen molar-refractivity contribution in [2.75, 3.05) is 18.5 Å². The minimum atomic E-state index is -0.402. The minimum Gasteiger partial charge on any atom is -0.378 e. The SMILES string of the molecule is O=[N+]([O-])c1c(NCC[C@@H]2CCCO2)nc2sccn12. The Bertz CT molecular complexity index is 588. The van der Waals surface area contributed by atoms with Crippen LogP contribution in [-0.4, -0.2) is 33.6 Å². The first-order chi connectivity index (χ1) is 9.25. The molecule has 2 aromatic rings. The Kier molecular flexibility index (Phi) is 3.34. The molecule has 0 saturated carbocycles. The first kappa shape index (κ1) is 12.4. The van der Waals surface area contributed by atoms with Crippen LogP contribution in [0.2, 0.25) is 0 Å². The number of ether oxygens (including phenoxy) is 1. The Morgan fingerprint density at radius 1 is 1.68 bits per heavy atom. The van der Waals surface area contributed by atoms with Crippen molar-refractivity contribution in [1.29, 1.82) is 0 Å². The third kappa shape index (κ3) is 2.41. The molecule has 1 atom stereocenters. The lowest BCUT2D eigenvalue weighted by Gasteiger charge is -2.09. The monoisotopic (exact) mass is 282 g/mol. The molecule has 1 aliphatic heterocycles. The van der Waals surface area contributed by atoms with Gasteiger partial charge in [-0.25, -0.2) is 0 Å². The minimum absolute atomic E-state index is 0.00332. The third-order valence-electron chi connectivity index (χ3n) is 3.19. The molecule has 3 heterocycles. The molecular weight excluding hydrogens is 268 g/mol. The van der Waals surface area contributed by atoms with E-state index in [9.17, 15) is 10.1 Å². The van der Waals surface area contributed by atoms with Crippen LogP contribution in [0, 0.1) is 10.1 Å². The summed E-state index contributed by atoms with van der Waals surface area (Å²) in [5, 5.41) is 15.9. The molecule has 102 valence electrons. The van der Waals surface area contributed by atoms with Crippen LogP contribution in [0.25, 0.3) is 4.96 Å². The summed E-state index contributed by atoms with van der Waals surface area (Å²) in [6.07, 6.45) is 4.96. The van der Waals surface area contributed by atoms with E-state index in [-0.39, 0.29) is 11.9 Å². The van der Waals surface area contributed by atoms with E-state index in [1.54, 1.807) is 11.6 Å². The summed E-state index contributed by atoms with van der Waals surface area (Å²) in [5.74, 6) is 0.346. The number of aromatic nitrogens is 2. The van der Waals surface area contributed by atoms with E-state index in [2.05, 4.69) is 10.3 Å². The van der Waals surface area contributed by atoms with Crippen LogP contribution in [0.15, 0.2) is 11.6 Å². The van der Waals surface area contributed by atoms with Crippen molar-refractivity contribution >= 4 is 27.9 Å². The maximum Gasteiger partial charge on any atom is 0.372 e. The van der Waals surface area contributed by atoms with Gasteiger partial charge in [0.25, 0.3) is 4.96 Å². The van der Waals surface area contributed by atoms with Gasteiger partial charge in [-0.05, 0) is 24.2 Å². The third-order valence-corrected chi connectivity index (χ3v) is 3.95. The largest absolute Gasteiger partial charge is 0.378 e. The molecule has 1 saturated heterocycles. The van der Waals surface area contributed by atoms with Gasteiger partial charge in [-0.1, -0.05) is 11.3 Å². The number of nitrogens with zero attached hydrogens (tertiary/aromatic N) is 3. The zero-order valence-electron chi connectivity index (χ0n) is 10.2. The Balaban J connectivity index is 1.70. The van der Waals surface area contributed by atoms with Crippen molar-refractivity contribution in [2.24, 2.45) is 0 Å². The molecule has 0 unspecified atom stereocenters. The quantitative estimate of drug-likeness (QED) is 0.672. The molecule has 0 bridgehead atoms. The number of rotatable bonds is 5. The molecule has 0 spiro atoms. The molecular formula is C11H14N4O3S. The maximum atomic E-state index is 11.1. The van der Waals surface area contributed by atoms with Crippen LogP contribution in [0.5, 0.6) is 0 Å². The van der Waals surface area contributed by atoms with E-state index in [4.69, 9.17) is 4.74 Å². The summed E-state index contributed by atoms with van der Waals surface area (Å²) in [5.41, 5.74) is 0. The fourth-order valence-electron chi connectivity index (χ4n) is 2.29.